The van der Waals surface area contributed by atoms with Crippen LogP contribution in [0.15, 0.2) is 10.6 Å². The van der Waals surface area contributed by atoms with Gasteiger partial charge in [-0.3, -0.25) is 4.79 Å². The fourth-order valence-electron chi connectivity index (χ4n) is 1.16. The molecule has 2 unspecified atom stereocenters. The molecule has 1 aromatic rings. The summed E-state index contributed by atoms with van der Waals surface area (Å²) in [7, 11) is 0. The van der Waals surface area contributed by atoms with Crippen LogP contribution in [0, 0.1) is 6.92 Å². The van der Waals surface area contributed by atoms with E-state index < -0.39 is 5.54 Å². The van der Waals surface area contributed by atoms with Gasteiger partial charge in [0.15, 0.2) is 0 Å². The van der Waals surface area contributed by atoms with Crippen LogP contribution in [0.2, 0.25) is 0 Å². The molecule has 0 spiro atoms. The maximum atomic E-state index is 11.8. The van der Waals surface area contributed by atoms with E-state index in [4.69, 9.17) is 10.2 Å². The molecule has 90 valence electrons. The minimum Gasteiger partial charge on any atom is -0.444 e. The first-order valence-electron chi connectivity index (χ1n) is 5.39. The number of rotatable bonds is 4. The van der Waals surface area contributed by atoms with Crippen molar-refractivity contribution in [1.29, 1.82) is 0 Å². The summed E-state index contributed by atoms with van der Waals surface area (Å²) in [5.74, 6) is 1.03. The van der Waals surface area contributed by atoms with Gasteiger partial charge in [-0.25, -0.2) is 4.98 Å². The molecule has 1 heterocycles. The molecule has 1 amide bonds. The lowest BCUT2D eigenvalue weighted by Crippen LogP contribution is -2.51. The molecule has 5 nitrogen and oxygen atoms in total. The van der Waals surface area contributed by atoms with E-state index in [1.165, 1.54) is 0 Å². The normalized spacial score (nSPS) is 16.6. The maximum Gasteiger partial charge on any atom is 0.240 e. The highest BCUT2D eigenvalue weighted by atomic mass is 16.4. The van der Waals surface area contributed by atoms with Gasteiger partial charge in [-0.1, -0.05) is 6.92 Å². The number of hydrogen-bond acceptors (Lipinski definition) is 4. The van der Waals surface area contributed by atoms with Crippen molar-refractivity contribution in [3.05, 3.63) is 17.8 Å². The van der Waals surface area contributed by atoms with Gasteiger partial charge >= 0.3 is 0 Å². The second kappa shape index (κ2) is 4.65. The number of carbonyl (C=O) groups is 1. The highest BCUT2D eigenvalue weighted by Gasteiger charge is 2.28. The van der Waals surface area contributed by atoms with Crippen LogP contribution >= 0.6 is 0 Å². The van der Waals surface area contributed by atoms with Crippen LogP contribution in [0.5, 0.6) is 0 Å². The molecule has 0 radical (unpaired) electrons. The molecular formula is C11H19N3O2. The maximum absolute atomic E-state index is 11.8. The first-order valence-corrected chi connectivity index (χ1v) is 5.39. The average molecular weight is 225 g/mol. The van der Waals surface area contributed by atoms with Crippen molar-refractivity contribution >= 4 is 5.91 Å². The fraction of sp³-hybridized carbons (Fsp3) is 0.636. The smallest absolute Gasteiger partial charge is 0.240 e. The molecule has 0 fully saturated rings. The van der Waals surface area contributed by atoms with E-state index in [0.29, 0.717) is 12.3 Å². The number of nitrogens with one attached hydrogen (secondary N) is 1. The minimum atomic E-state index is -0.851. The van der Waals surface area contributed by atoms with Crippen LogP contribution in [0.25, 0.3) is 0 Å². The van der Waals surface area contributed by atoms with Gasteiger partial charge in [-0.05, 0) is 27.2 Å². The third-order valence-corrected chi connectivity index (χ3v) is 2.61. The number of aryl methyl sites for hydroxylation is 1. The number of nitrogens with two attached hydrogens (primary N) is 1. The molecule has 0 saturated heterocycles. The Bertz CT molecular complexity index is 371. The van der Waals surface area contributed by atoms with Gasteiger partial charge in [0.2, 0.25) is 11.8 Å². The van der Waals surface area contributed by atoms with Crippen molar-refractivity contribution in [3.8, 4) is 0 Å². The van der Waals surface area contributed by atoms with E-state index in [1.54, 1.807) is 13.1 Å². The van der Waals surface area contributed by atoms with E-state index >= 15 is 0 Å². The Labute approximate surface area is 95.4 Å². The van der Waals surface area contributed by atoms with Crippen molar-refractivity contribution in [2.45, 2.75) is 45.7 Å². The molecule has 2 atom stereocenters. The third-order valence-electron chi connectivity index (χ3n) is 2.61. The van der Waals surface area contributed by atoms with Gasteiger partial charge in [-0.15, -0.1) is 0 Å². The van der Waals surface area contributed by atoms with Gasteiger partial charge < -0.3 is 15.5 Å². The second-order valence-corrected chi connectivity index (χ2v) is 4.28. The Morgan fingerprint density at radius 1 is 1.75 bits per heavy atom. The summed E-state index contributed by atoms with van der Waals surface area (Å²) in [5.41, 5.74) is 4.98. The molecule has 3 N–H and O–H groups in total. The Morgan fingerprint density at radius 3 is 2.81 bits per heavy atom. The number of hydrogen-bond donors (Lipinski definition) is 2. The van der Waals surface area contributed by atoms with E-state index in [9.17, 15) is 4.79 Å². The van der Waals surface area contributed by atoms with Crippen molar-refractivity contribution in [1.82, 2.24) is 10.3 Å². The Kier molecular flexibility index (Phi) is 3.70. The molecule has 0 saturated carbocycles. The summed E-state index contributed by atoms with van der Waals surface area (Å²) in [4.78, 5) is 15.8. The predicted molar refractivity (Wildman–Crippen MR) is 60.7 cm³/mol. The molecule has 0 aliphatic heterocycles. The average Bonchev–Trinajstić information content (AvgIpc) is 2.64. The standard InChI is InChI=1S/C11H19N3O2/c1-5-11(4,12)10(15)14-8(3)9-13-6-7(2)16-9/h6,8H,5,12H2,1-4H3,(H,14,15). The van der Waals surface area contributed by atoms with Gasteiger partial charge in [0.05, 0.1) is 11.7 Å². The molecule has 1 rings (SSSR count). The van der Waals surface area contributed by atoms with Crippen LogP contribution in [-0.4, -0.2) is 16.4 Å². The van der Waals surface area contributed by atoms with Crippen LogP contribution in [0.4, 0.5) is 0 Å². The topological polar surface area (TPSA) is 81.2 Å². The number of nitrogens with zero attached hydrogens (tertiary/aromatic N) is 1. The zero-order chi connectivity index (χ0) is 12.3. The van der Waals surface area contributed by atoms with Crippen LogP contribution in [-0.2, 0) is 4.79 Å². The van der Waals surface area contributed by atoms with Crippen molar-refractivity contribution in [2.75, 3.05) is 0 Å². The van der Waals surface area contributed by atoms with Gasteiger partial charge in [-0.2, -0.15) is 0 Å². The van der Waals surface area contributed by atoms with E-state index in [0.717, 1.165) is 5.76 Å². The molecular weight excluding hydrogens is 206 g/mol. The summed E-state index contributed by atoms with van der Waals surface area (Å²) < 4.78 is 5.33. The molecule has 5 heteroatoms. The fourth-order valence-corrected chi connectivity index (χ4v) is 1.16. The SMILES string of the molecule is CCC(C)(N)C(=O)NC(C)c1ncc(C)o1. The van der Waals surface area contributed by atoms with Crippen molar-refractivity contribution < 1.29 is 9.21 Å². The molecule has 0 bridgehead atoms. The Balaban J connectivity index is 2.65. The van der Waals surface area contributed by atoms with Gasteiger partial charge in [0, 0.05) is 0 Å². The van der Waals surface area contributed by atoms with Crippen LogP contribution < -0.4 is 11.1 Å². The van der Waals surface area contributed by atoms with Crippen LogP contribution in [0.1, 0.15) is 44.9 Å². The van der Waals surface area contributed by atoms with Gasteiger partial charge in [0.1, 0.15) is 11.8 Å². The zero-order valence-corrected chi connectivity index (χ0v) is 10.2. The largest absolute Gasteiger partial charge is 0.444 e. The van der Waals surface area contributed by atoms with Crippen molar-refractivity contribution in [3.63, 3.8) is 0 Å². The summed E-state index contributed by atoms with van der Waals surface area (Å²) in [5, 5.41) is 2.78. The lowest BCUT2D eigenvalue weighted by Gasteiger charge is -2.23. The molecule has 16 heavy (non-hydrogen) atoms. The second-order valence-electron chi connectivity index (χ2n) is 4.28. The highest BCUT2D eigenvalue weighted by Crippen LogP contribution is 2.14. The Morgan fingerprint density at radius 2 is 2.38 bits per heavy atom. The quantitative estimate of drug-likeness (QED) is 0.809. The van der Waals surface area contributed by atoms with Crippen molar-refractivity contribution in [2.24, 2.45) is 5.73 Å². The van der Waals surface area contributed by atoms with Crippen LogP contribution in [0.3, 0.4) is 0 Å². The first kappa shape index (κ1) is 12.7. The molecule has 0 aliphatic carbocycles. The minimum absolute atomic E-state index is 0.196. The summed E-state index contributed by atoms with van der Waals surface area (Å²) >= 11 is 0. The van der Waals surface area contributed by atoms with E-state index in [2.05, 4.69) is 10.3 Å². The van der Waals surface area contributed by atoms with E-state index in [1.807, 2.05) is 20.8 Å². The van der Waals surface area contributed by atoms with Gasteiger partial charge in [0.25, 0.3) is 0 Å². The third kappa shape index (κ3) is 2.82. The summed E-state index contributed by atoms with van der Waals surface area (Å²) in [6.07, 6.45) is 2.20. The Hall–Kier alpha value is -1.36. The number of carbonyl (C=O) groups excluding carboxylic acids is 1. The van der Waals surface area contributed by atoms with E-state index in [-0.39, 0.29) is 11.9 Å². The predicted octanol–water partition coefficient (Wildman–Crippen LogP) is 1.29. The summed E-state index contributed by atoms with van der Waals surface area (Å²) in [6, 6.07) is -0.268. The number of aromatic nitrogens is 1. The highest BCUT2D eigenvalue weighted by molar-refractivity contribution is 5.85. The molecule has 0 aromatic carbocycles. The lowest BCUT2D eigenvalue weighted by atomic mass is 9.99. The molecule has 0 aliphatic rings. The summed E-state index contributed by atoms with van der Waals surface area (Å²) in [6.45, 7) is 7.20. The zero-order valence-electron chi connectivity index (χ0n) is 10.2. The lowest BCUT2D eigenvalue weighted by molar-refractivity contribution is -0.126. The number of amides is 1. The monoisotopic (exact) mass is 225 g/mol. The number of oxazole rings is 1. The molecule has 1 aromatic heterocycles. The first-order chi connectivity index (χ1) is 7.36.